The minimum Gasteiger partial charge on any atom is -0.424 e. The molecular weight excluding hydrogens is 246 g/mol. The quantitative estimate of drug-likeness (QED) is 0.658. The molecule has 0 aliphatic carbocycles. The van der Waals surface area contributed by atoms with Crippen LogP contribution in [-0.2, 0) is 0 Å². The van der Waals surface area contributed by atoms with E-state index < -0.39 is 4.92 Å². The van der Waals surface area contributed by atoms with Crippen molar-refractivity contribution in [3.8, 4) is 0 Å². The summed E-state index contributed by atoms with van der Waals surface area (Å²) in [6.07, 6.45) is 1.03. The van der Waals surface area contributed by atoms with Crippen molar-refractivity contribution in [2.24, 2.45) is 5.41 Å². The second-order valence-electron chi connectivity index (χ2n) is 5.30. The molecule has 1 aromatic heterocycles. The minimum atomic E-state index is -0.443. The topological polar surface area (TPSA) is 81.2 Å². The zero-order chi connectivity index (χ0) is 14.0. The molecule has 6 heteroatoms. The lowest BCUT2D eigenvalue weighted by atomic mass is 9.90. The summed E-state index contributed by atoms with van der Waals surface area (Å²) in [5.74, 6) is 0. The Balaban J connectivity index is 2.20. The summed E-state index contributed by atoms with van der Waals surface area (Å²) in [5, 5.41) is 13.8. The van der Waals surface area contributed by atoms with E-state index in [9.17, 15) is 10.1 Å². The SMILES string of the molecule is CCC(C)(C)CNc1nc2cc([N+](=O)[O-])ccc2o1. The van der Waals surface area contributed by atoms with Crippen LogP contribution in [0.4, 0.5) is 11.7 Å². The number of nitro groups is 1. The van der Waals surface area contributed by atoms with Crippen LogP contribution in [-0.4, -0.2) is 16.5 Å². The molecule has 6 nitrogen and oxygen atoms in total. The van der Waals surface area contributed by atoms with Crippen molar-refractivity contribution in [1.29, 1.82) is 0 Å². The number of non-ortho nitro benzene ring substituents is 1. The van der Waals surface area contributed by atoms with Gasteiger partial charge in [0.25, 0.3) is 11.7 Å². The molecule has 0 fully saturated rings. The Morgan fingerprint density at radius 1 is 1.47 bits per heavy atom. The van der Waals surface area contributed by atoms with Crippen LogP contribution in [0.25, 0.3) is 11.1 Å². The van der Waals surface area contributed by atoms with E-state index in [1.165, 1.54) is 12.1 Å². The minimum absolute atomic E-state index is 0.0150. The van der Waals surface area contributed by atoms with Crippen molar-refractivity contribution in [3.63, 3.8) is 0 Å². The average Bonchev–Trinajstić information content (AvgIpc) is 2.78. The third kappa shape index (κ3) is 3.01. The molecule has 0 unspecified atom stereocenters. The molecule has 1 heterocycles. The van der Waals surface area contributed by atoms with Crippen LogP contribution in [0, 0.1) is 15.5 Å². The third-order valence-electron chi connectivity index (χ3n) is 3.26. The van der Waals surface area contributed by atoms with Crippen molar-refractivity contribution in [3.05, 3.63) is 28.3 Å². The van der Waals surface area contributed by atoms with E-state index in [1.54, 1.807) is 6.07 Å². The molecule has 2 aromatic rings. The fourth-order valence-electron chi connectivity index (χ4n) is 1.54. The summed E-state index contributed by atoms with van der Waals surface area (Å²) < 4.78 is 5.50. The lowest BCUT2D eigenvalue weighted by Crippen LogP contribution is -2.22. The summed E-state index contributed by atoms with van der Waals surface area (Å²) in [5.41, 5.74) is 1.20. The van der Waals surface area contributed by atoms with Crippen molar-refractivity contribution in [1.82, 2.24) is 4.98 Å². The van der Waals surface area contributed by atoms with Crippen molar-refractivity contribution in [2.45, 2.75) is 27.2 Å². The first-order valence-electron chi connectivity index (χ1n) is 6.20. The maximum absolute atomic E-state index is 10.7. The predicted molar refractivity (Wildman–Crippen MR) is 73.2 cm³/mol. The number of hydrogen-bond donors (Lipinski definition) is 1. The number of nitrogens with zero attached hydrogens (tertiary/aromatic N) is 2. The fraction of sp³-hybridized carbons (Fsp3) is 0.462. The van der Waals surface area contributed by atoms with Crippen LogP contribution in [0.2, 0.25) is 0 Å². The zero-order valence-corrected chi connectivity index (χ0v) is 11.3. The Morgan fingerprint density at radius 2 is 2.21 bits per heavy atom. The van der Waals surface area contributed by atoms with Crippen molar-refractivity contribution < 1.29 is 9.34 Å². The number of aromatic nitrogens is 1. The summed E-state index contributed by atoms with van der Waals surface area (Å²) in [7, 11) is 0. The standard InChI is InChI=1S/C13H17N3O3/c1-4-13(2,3)8-14-12-15-10-7-9(16(17)18)5-6-11(10)19-12/h5-7H,4,8H2,1-3H3,(H,14,15). The molecule has 0 saturated heterocycles. The number of oxazole rings is 1. The largest absolute Gasteiger partial charge is 0.424 e. The van der Waals surface area contributed by atoms with Gasteiger partial charge in [0.15, 0.2) is 5.58 Å². The molecule has 102 valence electrons. The summed E-state index contributed by atoms with van der Waals surface area (Å²) >= 11 is 0. The number of hydrogen-bond acceptors (Lipinski definition) is 5. The average molecular weight is 263 g/mol. The molecular formula is C13H17N3O3. The second kappa shape index (κ2) is 4.87. The highest BCUT2D eigenvalue weighted by Crippen LogP contribution is 2.25. The molecule has 0 aliphatic heterocycles. The molecule has 0 radical (unpaired) electrons. The van der Waals surface area contributed by atoms with Gasteiger partial charge in [-0.1, -0.05) is 20.8 Å². The molecule has 0 amide bonds. The molecule has 0 aliphatic rings. The Kier molecular flexibility index (Phi) is 3.42. The molecule has 2 rings (SSSR count). The van der Waals surface area contributed by atoms with E-state index >= 15 is 0 Å². The van der Waals surface area contributed by atoms with Gasteiger partial charge in [-0.15, -0.1) is 0 Å². The van der Waals surface area contributed by atoms with Gasteiger partial charge in [-0.3, -0.25) is 10.1 Å². The molecule has 1 aromatic carbocycles. The smallest absolute Gasteiger partial charge is 0.295 e. The van der Waals surface area contributed by atoms with Crippen molar-refractivity contribution >= 4 is 22.8 Å². The van der Waals surface area contributed by atoms with E-state index in [4.69, 9.17) is 4.42 Å². The zero-order valence-electron chi connectivity index (χ0n) is 11.3. The number of fused-ring (bicyclic) bond motifs is 1. The Bertz CT molecular complexity index is 604. The first-order chi connectivity index (χ1) is 8.91. The number of nitro benzene ring substituents is 1. The summed E-state index contributed by atoms with van der Waals surface area (Å²) in [6.45, 7) is 7.15. The van der Waals surface area contributed by atoms with Gasteiger partial charge >= 0.3 is 0 Å². The number of anilines is 1. The van der Waals surface area contributed by atoms with E-state index in [2.05, 4.69) is 31.1 Å². The van der Waals surface area contributed by atoms with E-state index in [-0.39, 0.29) is 11.1 Å². The fourth-order valence-corrected chi connectivity index (χ4v) is 1.54. The maximum atomic E-state index is 10.7. The molecule has 0 spiro atoms. The Morgan fingerprint density at radius 3 is 2.84 bits per heavy atom. The molecule has 0 bridgehead atoms. The lowest BCUT2D eigenvalue weighted by Gasteiger charge is -2.21. The van der Waals surface area contributed by atoms with Gasteiger partial charge in [0.1, 0.15) is 5.52 Å². The maximum Gasteiger partial charge on any atom is 0.295 e. The first kappa shape index (κ1) is 13.3. The van der Waals surface area contributed by atoms with Gasteiger partial charge in [0.05, 0.1) is 4.92 Å². The van der Waals surface area contributed by atoms with Gasteiger partial charge in [0.2, 0.25) is 0 Å². The first-order valence-corrected chi connectivity index (χ1v) is 6.20. The predicted octanol–water partition coefficient (Wildman–Crippen LogP) is 3.58. The second-order valence-corrected chi connectivity index (χ2v) is 5.30. The van der Waals surface area contributed by atoms with Crippen molar-refractivity contribution in [2.75, 3.05) is 11.9 Å². The van der Waals surface area contributed by atoms with Gasteiger partial charge in [-0.05, 0) is 17.9 Å². The van der Waals surface area contributed by atoms with E-state index in [0.717, 1.165) is 13.0 Å². The molecule has 0 atom stereocenters. The number of rotatable bonds is 5. The molecule has 0 saturated carbocycles. The number of benzene rings is 1. The van der Waals surface area contributed by atoms with Gasteiger partial charge in [-0.2, -0.15) is 4.98 Å². The van der Waals surface area contributed by atoms with E-state index in [0.29, 0.717) is 17.1 Å². The van der Waals surface area contributed by atoms with Crippen LogP contribution in [0.5, 0.6) is 0 Å². The van der Waals surface area contributed by atoms with Gasteiger partial charge in [0, 0.05) is 18.7 Å². The highest BCUT2D eigenvalue weighted by atomic mass is 16.6. The van der Waals surface area contributed by atoms with Crippen LogP contribution < -0.4 is 5.32 Å². The van der Waals surface area contributed by atoms with E-state index in [1.807, 2.05) is 0 Å². The normalized spacial score (nSPS) is 11.7. The van der Waals surface area contributed by atoms with Crippen LogP contribution in [0.3, 0.4) is 0 Å². The Hall–Kier alpha value is -2.11. The monoisotopic (exact) mass is 263 g/mol. The Labute approximate surface area is 111 Å². The summed E-state index contributed by atoms with van der Waals surface area (Å²) in [4.78, 5) is 14.4. The summed E-state index contributed by atoms with van der Waals surface area (Å²) in [6, 6.07) is 4.79. The van der Waals surface area contributed by atoms with Gasteiger partial charge < -0.3 is 9.73 Å². The lowest BCUT2D eigenvalue weighted by molar-refractivity contribution is -0.384. The van der Waals surface area contributed by atoms with Crippen LogP contribution in [0.15, 0.2) is 22.6 Å². The van der Waals surface area contributed by atoms with Gasteiger partial charge in [-0.25, -0.2) is 0 Å². The molecule has 1 N–H and O–H groups in total. The molecule has 19 heavy (non-hydrogen) atoms. The third-order valence-corrected chi connectivity index (χ3v) is 3.26. The highest BCUT2D eigenvalue weighted by molar-refractivity contribution is 5.77. The van der Waals surface area contributed by atoms with Crippen LogP contribution >= 0.6 is 0 Å². The highest BCUT2D eigenvalue weighted by Gasteiger charge is 2.17. The number of nitrogens with one attached hydrogen (secondary N) is 1. The van der Waals surface area contributed by atoms with Crippen LogP contribution in [0.1, 0.15) is 27.2 Å².